The zero-order valence-corrected chi connectivity index (χ0v) is 18.4. The maximum Gasteiger partial charge on any atom is 0.246 e. The average molecular weight is 420 g/mol. The van der Waals surface area contributed by atoms with E-state index >= 15 is 0 Å². The van der Waals surface area contributed by atoms with Crippen molar-refractivity contribution in [2.24, 2.45) is 5.92 Å². The van der Waals surface area contributed by atoms with Crippen LogP contribution >= 0.6 is 0 Å². The number of benzene rings is 2. The Bertz CT molecular complexity index is 1090. The number of likely N-dealkylation sites (tertiary alicyclic amines) is 1. The van der Waals surface area contributed by atoms with Crippen molar-refractivity contribution < 1.29 is 14.3 Å². The van der Waals surface area contributed by atoms with Gasteiger partial charge in [-0.15, -0.1) is 0 Å². The van der Waals surface area contributed by atoms with Gasteiger partial charge in [0, 0.05) is 25.7 Å². The molecule has 2 aromatic carbocycles. The molecule has 1 aliphatic heterocycles. The van der Waals surface area contributed by atoms with Crippen molar-refractivity contribution >= 4 is 23.0 Å². The van der Waals surface area contributed by atoms with Crippen molar-refractivity contribution in [3.63, 3.8) is 0 Å². The number of rotatable bonds is 6. The highest BCUT2D eigenvalue weighted by Gasteiger charge is 2.23. The molecular formula is C25H29N3O3. The lowest BCUT2D eigenvalue weighted by Crippen LogP contribution is -2.38. The highest BCUT2D eigenvalue weighted by molar-refractivity contribution is 5.92. The quantitative estimate of drug-likeness (QED) is 0.559. The predicted octanol–water partition coefficient (Wildman–Crippen LogP) is 4.31. The van der Waals surface area contributed by atoms with Gasteiger partial charge in [-0.05, 0) is 61.6 Å². The van der Waals surface area contributed by atoms with Gasteiger partial charge in [-0.1, -0.05) is 18.2 Å². The number of nitrogens with zero attached hydrogens (tertiary/aromatic N) is 3. The standard InChI is InChI=1S/C25H29N3O3/c1-18-26-21-6-4-5-7-22(21)28(18)17-20-12-14-27(15-13-20)25(29)11-9-19-8-10-23(30-2)24(16-19)31-3/h4-11,16,20H,12-15,17H2,1-3H3/b11-9+. The van der Waals surface area contributed by atoms with Crippen molar-refractivity contribution in [1.29, 1.82) is 0 Å². The third kappa shape index (κ3) is 4.58. The van der Waals surface area contributed by atoms with Crippen LogP contribution in [-0.4, -0.2) is 47.7 Å². The molecule has 0 bridgehead atoms. The summed E-state index contributed by atoms with van der Waals surface area (Å²) in [6.07, 6.45) is 5.48. The number of hydrogen-bond donors (Lipinski definition) is 0. The minimum atomic E-state index is 0.0532. The Morgan fingerprint density at radius 2 is 1.84 bits per heavy atom. The van der Waals surface area contributed by atoms with E-state index in [2.05, 4.69) is 34.7 Å². The summed E-state index contributed by atoms with van der Waals surface area (Å²) in [6.45, 7) is 4.59. The minimum absolute atomic E-state index is 0.0532. The first-order valence-corrected chi connectivity index (χ1v) is 10.7. The van der Waals surface area contributed by atoms with Gasteiger partial charge in [-0.25, -0.2) is 4.98 Å². The fourth-order valence-corrected chi connectivity index (χ4v) is 4.25. The number of aryl methyl sites for hydroxylation is 1. The van der Waals surface area contributed by atoms with Crippen LogP contribution in [0.3, 0.4) is 0 Å². The molecule has 6 nitrogen and oxygen atoms in total. The molecule has 1 saturated heterocycles. The van der Waals surface area contributed by atoms with Gasteiger partial charge in [0.1, 0.15) is 5.82 Å². The SMILES string of the molecule is COc1ccc(/C=C/C(=O)N2CCC(Cn3c(C)nc4ccccc43)CC2)cc1OC. The molecule has 0 atom stereocenters. The van der Waals surface area contributed by atoms with Gasteiger partial charge in [0.2, 0.25) is 5.91 Å². The van der Waals surface area contributed by atoms with Gasteiger partial charge in [0.05, 0.1) is 25.3 Å². The monoisotopic (exact) mass is 419 g/mol. The van der Waals surface area contributed by atoms with E-state index < -0.39 is 0 Å². The van der Waals surface area contributed by atoms with Crippen molar-refractivity contribution in [2.75, 3.05) is 27.3 Å². The average Bonchev–Trinajstić information content (AvgIpc) is 3.12. The molecule has 1 aliphatic rings. The lowest BCUT2D eigenvalue weighted by Gasteiger charge is -2.31. The Balaban J connectivity index is 1.34. The summed E-state index contributed by atoms with van der Waals surface area (Å²) >= 11 is 0. The topological polar surface area (TPSA) is 56.6 Å². The fraction of sp³-hybridized carbons (Fsp3) is 0.360. The van der Waals surface area contributed by atoms with Crippen molar-refractivity contribution in [3.05, 3.63) is 59.9 Å². The van der Waals surface area contributed by atoms with Gasteiger partial charge in [0.25, 0.3) is 0 Å². The summed E-state index contributed by atoms with van der Waals surface area (Å²) in [6, 6.07) is 13.9. The molecule has 0 spiro atoms. The van der Waals surface area contributed by atoms with E-state index in [0.717, 1.165) is 49.4 Å². The van der Waals surface area contributed by atoms with E-state index in [1.54, 1.807) is 20.3 Å². The number of aromatic nitrogens is 2. The summed E-state index contributed by atoms with van der Waals surface area (Å²) in [5.41, 5.74) is 3.15. The number of piperidine rings is 1. The number of carbonyl (C=O) groups is 1. The summed E-state index contributed by atoms with van der Waals surface area (Å²) < 4.78 is 12.9. The van der Waals surface area contributed by atoms with Crippen LogP contribution in [0, 0.1) is 12.8 Å². The largest absolute Gasteiger partial charge is 0.493 e. The van der Waals surface area contributed by atoms with Gasteiger partial charge in [0.15, 0.2) is 11.5 Å². The molecule has 0 N–H and O–H groups in total. The van der Waals surface area contributed by atoms with Crippen LogP contribution in [-0.2, 0) is 11.3 Å². The first-order valence-electron chi connectivity index (χ1n) is 10.7. The van der Waals surface area contributed by atoms with Crippen molar-refractivity contribution in [3.8, 4) is 11.5 Å². The normalized spacial score (nSPS) is 15.0. The molecule has 0 saturated carbocycles. The highest BCUT2D eigenvalue weighted by atomic mass is 16.5. The van der Waals surface area contributed by atoms with E-state index in [1.807, 2.05) is 35.2 Å². The number of para-hydroxylation sites is 2. The van der Waals surface area contributed by atoms with E-state index in [9.17, 15) is 4.79 Å². The molecule has 3 aromatic rings. The second-order valence-corrected chi connectivity index (χ2v) is 7.97. The van der Waals surface area contributed by atoms with Crippen LogP contribution in [0.1, 0.15) is 24.2 Å². The highest BCUT2D eigenvalue weighted by Crippen LogP contribution is 2.28. The smallest absolute Gasteiger partial charge is 0.246 e. The molecule has 0 unspecified atom stereocenters. The van der Waals surface area contributed by atoms with E-state index in [1.165, 1.54) is 5.52 Å². The van der Waals surface area contributed by atoms with Crippen molar-refractivity contribution in [1.82, 2.24) is 14.5 Å². The van der Waals surface area contributed by atoms with Gasteiger partial charge in [-0.3, -0.25) is 4.79 Å². The van der Waals surface area contributed by atoms with Crippen LogP contribution in [0.15, 0.2) is 48.5 Å². The van der Waals surface area contributed by atoms with Crippen LogP contribution in [0.5, 0.6) is 11.5 Å². The number of carbonyl (C=O) groups excluding carboxylic acids is 1. The Kier molecular flexibility index (Phi) is 6.26. The van der Waals surface area contributed by atoms with Crippen LogP contribution in [0.25, 0.3) is 17.1 Å². The lowest BCUT2D eigenvalue weighted by molar-refractivity contribution is -0.127. The van der Waals surface area contributed by atoms with Crippen molar-refractivity contribution in [2.45, 2.75) is 26.3 Å². The number of ether oxygens (including phenoxy) is 2. The molecule has 6 heteroatoms. The van der Waals surface area contributed by atoms with E-state index in [4.69, 9.17) is 9.47 Å². The Labute approximate surface area is 183 Å². The Hall–Kier alpha value is -3.28. The molecule has 2 heterocycles. The lowest BCUT2D eigenvalue weighted by atomic mass is 9.96. The van der Waals surface area contributed by atoms with Crippen LogP contribution < -0.4 is 9.47 Å². The Morgan fingerprint density at radius 3 is 2.58 bits per heavy atom. The number of imidazole rings is 1. The number of fused-ring (bicyclic) bond motifs is 1. The van der Waals surface area contributed by atoms with Crippen LogP contribution in [0.4, 0.5) is 0 Å². The minimum Gasteiger partial charge on any atom is -0.493 e. The molecule has 0 aliphatic carbocycles. The zero-order valence-electron chi connectivity index (χ0n) is 18.4. The summed E-state index contributed by atoms with van der Waals surface area (Å²) in [5, 5.41) is 0. The molecule has 0 radical (unpaired) electrons. The van der Waals surface area contributed by atoms with E-state index in [0.29, 0.717) is 17.4 Å². The van der Waals surface area contributed by atoms with Crippen LogP contribution in [0.2, 0.25) is 0 Å². The number of hydrogen-bond acceptors (Lipinski definition) is 4. The summed E-state index contributed by atoms with van der Waals surface area (Å²) in [4.78, 5) is 19.3. The van der Waals surface area contributed by atoms with Gasteiger partial charge < -0.3 is 18.9 Å². The third-order valence-corrected chi connectivity index (χ3v) is 6.04. The fourth-order valence-electron chi connectivity index (χ4n) is 4.25. The molecule has 4 rings (SSSR count). The molecule has 1 amide bonds. The number of amides is 1. The summed E-state index contributed by atoms with van der Waals surface area (Å²) in [5.74, 6) is 2.99. The van der Waals surface area contributed by atoms with Gasteiger partial charge >= 0.3 is 0 Å². The molecular weight excluding hydrogens is 390 g/mol. The second-order valence-electron chi connectivity index (χ2n) is 7.97. The first-order chi connectivity index (χ1) is 15.1. The maximum absolute atomic E-state index is 12.7. The Morgan fingerprint density at radius 1 is 1.10 bits per heavy atom. The predicted molar refractivity (Wildman–Crippen MR) is 122 cm³/mol. The number of methoxy groups -OCH3 is 2. The zero-order chi connectivity index (χ0) is 21.8. The van der Waals surface area contributed by atoms with E-state index in [-0.39, 0.29) is 5.91 Å². The maximum atomic E-state index is 12.7. The molecule has 1 fully saturated rings. The summed E-state index contributed by atoms with van der Waals surface area (Å²) in [7, 11) is 3.21. The molecule has 1 aromatic heterocycles. The third-order valence-electron chi connectivity index (χ3n) is 6.04. The first kappa shape index (κ1) is 21.0. The van der Waals surface area contributed by atoms with Gasteiger partial charge in [-0.2, -0.15) is 0 Å². The molecule has 162 valence electrons. The second kappa shape index (κ2) is 9.25. The molecule has 31 heavy (non-hydrogen) atoms.